The lowest BCUT2D eigenvalue weighted by atomic mass is 9.90. The standard InChI is InChI=1S/C43H60N10O8/c1-2-3-4-5-6-7-8-9-10-20-27-48-38(54)33(53-40(46)47)35-37(61-43(57)52-31-25-18-13-19-26-31)36(60-42(56)51-30-23-16-12-17-24-30)34(32(58-35)28-49-39(44)45)59-41(55)50-29-21-14-11-15-22-29/h11-19,21-26,32-37H,2-10,20,27-28H2,1H3,(H,48,54)(H,50,55)(H,51,56)(H,52,57)(H4,44,45,49)(H4,46,47,53)/t32-,33-,34-,35+,36+,37+/m1/s1. The third kappa shape index (κ3) is 16.9. The zero-order chi connectivity index (χ0) is 43.8. The molecule has 1 saturated heterocycles. The van der Waals surface area contributed by atoms with Crippen LogP contribution in [-0.2, 0) is 23.7 Å². The number of nitrogens with zero attached hydrogens (tertiary/aromatic N) is 2. The summed E-state index contributed by atoms with van der Waals surface area (Å²) in [5.74, 6) is -1.51. The van der Waals surface area contributed by atoms with Crippen molar-refractivity contribution in [2.24, 2.45) is 32.9 Å². The number of nitrogens with one attached hydrogen (secondary N) is 4. The number of hydrogen-bond donors (Lipinski definition) is 8. The van der Waals surface area contributed by atoms with Crippen molar-refractivity contribution in [1.82, 2.24) is 5.32 Å². The van der Waals surface area contributed by atoms with E-state index in [2.05, 4.69) is 38.2 Å². The lowest BCUT2D eigenvalue weighted by Gasteiger charge is -2.45. The third-order valence-corrected chi connectivity index (χ3v) is 9.61. The minimum Gasteiger partial charge on any atom is -0.439 e. The molecule has 0 spiro atoms. The Hall–Kier alpha value is -6.56. The summed E-state index contributed by atoms with van der Waals surface area (Å²) in [7, 11) is 0. The molecular weight excluding hydrogens is 785 g/mol. The van der Waals surface area contributed by atoms with Gasteiger partial charge in [0, 0.05) is 23.6 Å². The number of nitrogens with two attached hydrogens (primary N) is 4. The molecule has 0 bridgehead atoms. The van der Waals surface area contributed by atoms with E-state index >= 15 is 0 Å². The van der Waals surface area contributed by atoms with Crippen molar-refractivity contribution in [3.63, 3.8) is 0 Å². The van der Waals surface area contributed by atoms with Crippen LogP contribution in [0.2, 0.25) is 0 Å². The van der Waals surface area contributed by atoms with Gasteiger partial charge in [-0.05, 0) is 42.8 Å². The molecule has 1 fully saturated rings. The van der Waals surface area contributed by atoms with Gasteiger partial charge in [0.25, 0.3) is 0 Å². The second-order valence-electron chi connectivity index (χ2n) is 14.5. The number of para-hydroxylation sites is 3. The summed E-state index contributed by atoms with van der Waals surface area (Å²) in [4.78, 5) is 63.4. The monoisotopic (exact) mass is 844 g/mol. The van der Waals surface area contributed by atoms with E-state index in [1.165, 1.54) is 32.1 Å². The van der Waals surface area contributed by atoms with Crippen LogP contribution in [0.5, 0.6) is 0 Å². The molecule has 0 saturated carbocycles. The van der Waals surface area contributed by atoms with Crippen LogP contribution in [0.3, 0.4) is 0 Å². The minimum atomic E-state index is -1.72. The summed E-state index contributed by atoms with van der Waals surface area (Å²) >= 11 is 0. The van der Waals surface area contributed by atoms with Crippen molar-refractivity contribution < 1.29 is 38.1 Å². The molecule has 4 rings (SSSR count). The van der Waals surface area contributed by atoms with Gasteiger partial charge in [-0.2, -0.15) is 0 Å². The van der Waals surface area contributed by atoms with Crippen molar-refractivity contribution >= 4 is 53.2 Å². The predicted octanol–water partition coefficient (Wildman–Crippen LogP) is 5.56. The largest absolute Gasteiger partial charge is 0.439 e. The quantitative estimate of drug-likeness (QED) is 0.0267. The van der Waals surface area contributed by atoms with E-state index in [-0.39, 0.29) is 19.0 Å². The summed E-state index contributed by atoms with van der Waals surface area (Å²) in [5.41, 5.74) is 24.3. The fourth-order valence-electron chi connectivity index (χ4n) is 6.70. The van der Waals surface area contributed by atoms with E-state index in [9.17, 15) is 19.2 Å². The second-order valence-corrected chi connectivity index (χ2v) is 14.5. The van der Waals surface area contributed by atoms with Crippen LogP contribution in [0.1, 0.15) is 71.1 Å². The molecule has 1 aliphatic rings. The van der Waals surface area contributed by atoms with Gasteiger partial charge in [-0.25, -0.2) is 19.4 Å². The molecule has 0 aromatic heterocycles. The average molecular weight is 845 g/mol. The topological polar surface area (TPSA) is 282 Å². The Morgan fingerprint density at radius 2 is 1.02 bits per heavy atom. The zero-order valence-corrected chi connectivity index (χ0v) is 34.6. The van der Waals surface area contributed by atoms with Gasteiger partial charge >= 0.3 is 18.3 Å². The summed E-state index contributed by atoms with van der Waals surface area (Å²) in [6.07, 6.45) is 0.0150. The maximum atomic E-state index is 14.1. The van der Waals surface area contributed by atoms with Gasteiger partial charge in [-0.15, -0.1) is 0 Å². The highest BCUT2D eigenvalue weighted by atomic mass is 16.7. The number of carbonyl (C=O) groups is 4. The van der Waals surface area contributed by atoms with E-state index in [1.807, 2.05) is 0 Å². The number of rotatable bonds is 22. The van der Waals surface area contributed by atoms with Crippen molar-refractivity contribution in [3.8, 4) is 0 Å². The molecule has 0 radical (unpaired) electrons. The van der Waals surface area contributed by atoms with Gasteiger partial charge < -0.3 is 47.2 Å². The summed E-state index contributed by atoms with van der Waals surface area (Å²) < 4.78 is 24.4. The number of ether oxygens (including phenoxy) is 4. The van der Waals surface area contributed by atoms with E-state index in [0.29, 0.717) is 23.5 Å². The number of anilines is 3. The first-order valence-corrected chi connectivity index (χ1v) is 20.7. The molecule has 0 unspecified atom stereocenters. The maximum Gasteiger partial charge on any atom is 0.412 e. The van der Waals surface area contributed by atoms with Gasteiger partial charge in [0.15, 0.2) is 36.3 Å². The highest BCUT2D eigenvalue weighted by Gasteiger charge is 2.56. The fourth-order valence-corrected chi connectivity index (χ4v) is 6.70. The molecule has 6 atom stereocenters. The lowest BCUT2D eigenvalue weighted by molar-refractivity contribution is -0.219. The maximum absolute atomic E-state index is 14.1. The Balaban J connectivity index is 1.68. The predicted molar refractivity (Wildman–Crippen MR) is 235 cm³/mol. The van der Waals surface area contributed by atoms with E-state index in [1.54, 1.807) is 91.0 Å². The molecule has 3 aromatic carbocycles. The second kappa shape index (κ2) is 25.8. The van der Waals surface area contributed by atoms with Crippen LogP contribution >= 0.6 is 0 Å². The van der Waals surface area contributed by atoms with Crippen molar-refractivity contribution in [2.75, 3.05) is 29.0 Å². The van der Waals surface area contributed by atoms with Gasteiger partial charge in [0.05, 0.1) is 6.54 Å². The molecule has 1 aliphatic heterocycles. The summed E-state index contributed by atoms with van der Waals surface area (Å²) in [5, 5.41) is 10.7. The van der Waals surface area contributed by atoms with Crippen molar-refractivity contribution in [1.29, 1.82) is 0 Å². The molecule has 4 amide bonds. The number of carbonyl (C=O) groups excluding carboxylic acids is 4. The Morgan fingerprint density at radius 1 is 0.590 bits per heavy atom. The van der Waals surface area contributed by atoms with Crippen molar-refractivity contribution in [3.05, 3.63) is 91.0 Å². The van der Waals surface area contributed by atoms with Crippen LogP contribution in [0.25, 0.3) is 0 Å². The molecule has 330 valence electrons. The number of amides is 4. The molecule has 18 nitrogen and oxygen atoms in total. The third-order valence-electron chi connectivity index (χ3n) is 9.61. The van der Waals surface area contributed by atoms with Crippen molar-refractivity contribution in [2.45, 2.75) is 108 Å². The SMILES string of the molecule is CCCCCCCCCCCCNC(=O)[C@H](N=C(N)N)[C@@H]1O[C@H](CN=C(N)N)[C@@H](OC(=O)Nc2ccccc2)[C@H](OC(=O)Nc2ccccc2)[C@H]1OC(=O)Nc1ccccc1. The summed E-state index contributed by atoms with van der Waals surface area (Å²) in [6, 6.07) is 23.6. The molecule has 12 N–H and O–H groups in total. The Bertz CT molecular complexity index is 1850. The Morgan fingerprint density at radius 3 is 1.46 bits per heavy atom. The molecule has 3 aromatic rings. The molecule has 0 aliphatic carbocycles. The Kier molecular flexibility index (Phi) is 19.9. The molecule has 18 heteroatoms. The molecule has 61 heavy (non-hydrogen) atoms. The van der Waals surface area contributed by atoms with E-state index < -0.39 is 66.7 Å². The number of aliphatic imine (C=N–C) groups is 2. The number of unbranched alkanes of at least 4 members (excludes halogenated alkanes) is 9. The van der Waals surface area contributed by atoms with Gasteiger partial charge in [0.2, 0.25) is 5.91 Å². The number of benzene rings is 3. The molecule has 1 heterocycles. The smallest absolute Gasteiger partial charge is 0.412 e. The average Bonchev–Trinajstić information content (AvgIpc) is 3.23. The van der Waals surface area contributed by atoms with Crippen LogP contribution in [0.4, 0.5) is 31.4 Å². The first-order chi connectivity index (χ1) is 29.5. The number of guanidine groups is 2. The summed E-state index contributed by atoms with van der Waals surface area (Å²) in [6.45, 7) is 2.10. The van der Waals surface area contributed by atoms with Crippen LogP contribution < -0.4 is 44.2 Å². The zero-order valence-electron chi connectivity index (χ0n) is 34.6. The normalized spacial score (nSPS) is 18.6. The highest BCUT2D eigenvalue weighted by Crippen LogP contribution is 2.33. The first kappa shape index (κ1) is 47.1. The molecular formula is C43H60N10O8. The minimum absolute atomic E-state index is 0.279. The Labute approximate surface area is 356 Å². The van der Waals surface area contributed by atoms with Crippen LogP contribution in [0, 0.1) is 0 Å². The lowest BCUT2D eigenvalue weighted by Crippen LogP contribution is -2.66. The number of hydrogen-bond acceptors (Lipinski definition) is 10. The van der Waals surface area contributed by atoms with Gasteiger partial charge in [0.1, 0.15) is 12.2 Å². The van der Waals surface area contributed by atoms with E-state index in [0.717, 1.165) is 25.7 Å². The van der Waals surface area contributed by atoms with Gasteiger partial charge in [-0.1, -0.05) is 119 Å². The first-order valence-electron chi connectivity index (χ1n) is 20.7. The van der Waals surface area contributed by atoms with E-state index in [4.69, 9.17) is 41.9 Å². The van der Waals surface area contributed by atoms with Crippen LogP contribution in [-0.4, -0.2) is 85.8 Å². The van der Waals surface area contributed by atoms with Gasteiger partial charge in [-0.3, -0.25) is 25.7 Å². The highest BCUT2D eigenvalue weighted by molar-refractivity contribution is 5.88. The fraction of sp³-hybridized carbons (Fsp3) is 0.442. The van der Waals surface area contributed by atoms with Crippen LogP contribution in [0.15, 0.2) is 101 Å².